The zero-order chi connectivity index (χ0) is 18.8. The van der Waals surface area contributed by atoms with E-state index >= 15 is 0 Å². The zero-order valence-electron chi connectivity index (χ0n) is 14.7. The van der Waals surface area contributed by atoms with Crippen LogP contribution >= 0.6 is 0 Å². The summed E-state index contributed by atoms with van der Waals surface area (Å²) >= 11 is 0. The van der Waals surface area contributed by atoms with Gasteiger partial charge in [-0.15, -0.1) is 0 Å². The van der Waals surface area contributed by atoms with Crippen molar-refractivity contribution in [2.45, 2.75) is 25.3 Å². The molecule has 27 heavy (non-hydrogen) atoms. The van der Waals surface area contributed by atoms with Crippen LogP contribution in [0.5, 0.6) is 0 Å². The predicted molar refractivity (Wildman–Crippen MR) is 100 cm³/mol. The fraction of sp³-hybridized carbons (Fsp3) is 0.250. The Morgan fingerprint density at radius 2 is 2.07 bits per heavy atom. The van der Waals surface area contributed by atoms with Gasteiger partial charge in [-0.25, -0.2) is 4.98 Å². The maximum absolute atomic E-state index is 13.0. The molecule has 1 unspecified atom stereocenters. The molecule has 0 spiro atoms. The van der Waals surface area contributed by atoms with Crippen LogP contribution in [0.1, 0.15) is 34.9 Å². The Bertz CT molecular complexity index is 996. The van der Waals surface area contributed by atoms with Gasteiger partial charge in [-0.2, -0.15) is 0 Å². The summed E-state index contributed by atoms with van der Waals surface area (Å²) in [6.07, 6.45) is 2.37. The van der Waals surface area contributed by atoms with Gasteiger partial charge in [0, 0.05) is 18.5 Å². The Labute approximate surface area is 155 Å². The number of nitrogens with zero attached hydrogens (tertiary/aromatic N) is 2. The third-order valence-electron chi connectivity index (χ3n) is 4.91. The largest absolute Gasteiger partial charge is 0.469 e. The minimum Gasteiger partial charge on any atom is -0.469 e. The van der Waals surface area contributed by atoms with Crippen molar-refractivity contribution in [3.05, 3.63) is 81.7 Å². The van der Waals surface area contributed by atoms with Gasteiger partial charge in [0.15, 0.2) is 0 Å². The molecule has 7 heteroatoms. The standard InChI is InChI=1S/C20H20N4O3/c21-20-22-16-12-24(9-8-14(16)19(26)23-20)18(25)11-15(17-7-4-10-27-17)13-5-2-1-3-6-13/h1-7,10,15H,8-9,11-12H2,(H3,21,22,23,26). The number of benzene rings is 1. The van der Waals surface area contributed by atoms with E-state index in [0.717, 1.165) is 11.3 Å². The first kappa shape index (κ1) is 17.1. The van der Waals surface area contributed by atoms with Crippen LogP contribution in [0, 0.1) is 0 Å². The Hall–Kier alpha value is -3.35. The van der Waals surface area contributed by atoms with Crippen molar-refractivity contribution in [2.75, 3.05) is 12.3 Å². The highest BCUT2D eigenvalue weighted by molar-refractivity contribution is 5.78. The van der Waals surface area contributed by atoms with Gasteiger partial charge in [0.05, 0.1) is 24.4 Å². The molecule has 0 fully saturated rings. The molecule has 3 N–H and O–H groups in total. The van der Waals surface area contributed by atoms with Crippen LogP contribution < -0.4 is 11.3 Å². The monoisotopic (exact) mass is 364 g/mol. The van der Waals surface area contributed by atoms with Crippen LogP contribution in [0.2, 0.25) is 0 Å². The highest BCUT2D eigenvalue weighted by atomic mass is 16.3. The first-order valence-corrected chi connectivity index (χ1v) is 8.85. The first-order chi connectivity index (χ1) is 13.1. The SMILES string of the molecule is Nc1nc2c(c(=O)[nH]1)CCN(C(=O)CC(c1ccccc1)c1ccco1)C2. The van der Waals surface area contributed by atoms with Crippen molar-refractivity contribution in [2.24, 2.45) is 0 Å². The third kappa shape index (κ3) is 3.48. The fourth-order valence-corrected chi connectivity index (χ4v) is 3.53. The summed E-state index contributed by atoms with van der Waals surface area (Å²) in [5.41, 5.74) is 7.63. The van der Waals surface area contributed by atoms with Crippen LogP contribution in [0.15, 0.2) is 57.9 Å². The van der Waals surface area contributed by atoms with Gasteiger partial charge >= 0.3 is 0 Å². The average Bonchev–Trinajstić information content (AvgIpc) is 3.20. The molecule has 1 aromatic carbocycles. The van der Waals surface area contributed by atoms with Gasteiger partial charge in [-0.05, 0) is 24.1 Å². The number of aromatic amines is 1. The zero-order valence-corrected chi connectivity index (χ0v) is 14.7. The van der Waals surface area contributed by atoms with E-state index in [1.807, 2.05) is 42.5 Å². The quantitative estimate of drug-likeness (QED) is 0.737. The van der Waals surface area contributed by atoms with Crippen LogP contribution in [-0.2, 0) is 17.8 Å². The van der Waals surface area contributed by atoms with E-state index in [-0.39, 0.29) is 29.8 Å². The van der Waals surface area contributed by atoms with Crippen LogP contribution in [0.3, 0.4) is 0 Å². The lowest BCUT2D eigenvalue weighted by Gasteiger charge is -2.29. The van der Waals surface area contributed by atoms with E-state index in [1.165, 1.54) is 0 Å². The van der Waals surface area contributed by atoms with Crippen LogP contribution in [0.25, 0.3) is 0 Å². The lowest BCUT2D eigenvalue weighted by Crippen LogP contribution is -2.39. The highest BCUT2D eigenvalue weighted by Gasteiger charge is 2.28. The molecular formula is C20H20N4O3. The number of fused-ring (bicyclic) bond motifs is 1. The normalized spacial score (nSPS) is 14.6. The first-order valence-electron chi connectivity index (χ1n) is 8.85. The van der Waals surface area contributed by atoms with Crippen molar-refractivity contribution in [1.82, 2.24) is 14.9 Å². The van der Waals surface area contributed by atoms with Gasteiger partial charge in [-0.1, -0.05) is 30.3 Å². The minimum atomic E-state index is -0.220. The molecule has 1 atom stereocenters. The molecule has 2 aromatic heterocycles. The number of rotatable bonds is 4. The number of nitrogens with two attached hydrogens (primary N) is 1. The molecule has 1 amide bonds. The molecule has 0 saturated heterocycles. The molecule has 1 aliphatic rings. The molecule has 0 bridgehead atoms. The molecule has 1 aliphatic heterocycles. The number of carbonyl (C=O) groups is 1. The Morgan fingerprint density at radius 3 is 2.81 bits per heavy atom. The van der Waals surface area contributed by atoms with E-state index in [1.54, 1.807) is 11.2 Å². The van der Waals surface area contributed by atoms with Gasteiger partial charge in [0.2, 0.25) is 11.9 Å². The number of carbonyl (C=O) groups excluding carboxylic acids is 1. The summed E-state index contributed by atoms with van der Waals surface area (Å²) in [6.45, 7) is 0.780. The van der Waals surface area contributed by atoms with Crippen molar-refractivity contribution in [3.8, 4) is 0 Å². The smallest absolute Gasteiger partial charge is 0.255 e. The number of anilines is 1. The number of furan rings is 1. The molecule has 138 valence electrons. The van der Waals surface area contributed by atoms with Gasteiger partial charge in [0.1, 0.15) is 5.76 Å². The lowest BCUT2D eigenvalue weighted by atomic mass is 9.92. The summed E-state index contributed by atoms with van der Waals surface area (Å²) in [5.74, 6) is 0.662. The molecule has 3 aromatic rings. The second-order valence-electron chi connectivity index (χ2n) is 6.62. The molecular weight excluding hydrogens is 344 g/mol. The number of hydrogen-bond acceptors (Lipinski definition) is 5. The molecule has 7 nitrogen and oxygen atoms in total. The van der Waals surface area contributed by atoms with Crippen LogP contribution in [0.4, 0.5) is 5.95 Å². The van der Waals surface area contributed by atoms with E-state index in [2.05, 4.69) is 9.97 Å². The van der Waals surface area contributed by atoms with E-state index < -0.39 is 0 Å². The maximum Gasteiger partial charge on any atom is 0.255 e. The third-order valence-corrected chi connectivity index (χ3v) is 4.91. The second-order valence-corrected chi connectivity index (χ2v) is 6.62. The Kier molecular flexibility index (Phi) is 4.50. The van der Waals surface area contributed by atoms with E-state index in [9.17, 15) is 9.59 Å². The van der Waals surface area contributed by atoms with Crippen molar-refractivity contribution >= 4 is 11.9 Å². The number of hydrogen-bond donors (Lipinski definition) is 2. The molecule has 3 heterocycles. The lowest BCUT2D eigenvalue weighted by molar-refractivity contribution is -0.132. The Morgan fingerprint density at radius 1 is 1.26 bits per heavy atom. The molecule has 0 radical (unpaired) electrons. The number of H-pyrrole nitrogens is 1. The van der Waals surface area contributed by atoms with Gasteiger partial charge in [-0.3, -0.25) is 14.6 Å². The van der Waals surface area contributed by atoms with Crippen molar-refractivity contribution < 1.29 is 9.21 Å². The van der Waals surface area contributed by atoms with Crippen molar-refractivity contribution in [3.63, 3.8) is 0 Å². The van der Waals surface area contributed by atoms with Crippen molar-refractivity contribution in [1.29, 1.82) is 0 Å². The van der Waals surface area contributed by atoms with E-state index in [4.69, 9.17) is 10.2 Å². The summed E-state index contributed by atoms with van der Waals surface area (Å²) in [4.78, 5) is 33.4. The van der Waals surface area contributed by atoms with Crippen LogP contribution in [-0.4, -0.2) is 27.3 Å². The topological polar surface area (TPSA) is 105 Å². The molecule has 0 aliphatic carbocycles. The maximum atomic E-state index is 13.0. The summed E-state index contributed by atoms with van der Waals surface area (Å²) < 4.78 is 5.58. The number of aromatic nitrogens is 2. The number of nitrogens with one attached hydrogen (secondary N) is 1. The van der Waals surface area contributed by atoms with E-state index in [0.29, 0.717) is 30.8 Å². The second kappa shape index (κ2) is 7.11. The highest BCUT2D eigenvalue weighted by Crippen LogP contribution is 2.29. The summed E-state index contributed by atoms with van der Waals surface area (Å²) in [6, 6.07) is 13.5. The average molecular weight is 364 g/mol. The summed E-state index contributed by atoms with van der Waals surface area (Å²) in [5, 5.41) is 0. The molecule has 0 saturated carbocycles. The minimum absolute atomic E-state index is 0.00782. The van der Waals surface area contributed by atoms with Gasteiger partial charge < -0.3 is 15.1 Å². The number of amides is 1. The van der Waals surface area contributed by atoms with Gasteiger partial charge in [0.25, 0.3) is 5.56 Å². The molecule has 4 rings (SSSR count). The fourth-order valence-electron chi connectivity index (χ4n) is 3.53. The predicted octanol–water partition coefficient (Wildman–Crippen LogP) is 2.05. The Balaban J connectivity index is 1.56. The number of nitrogen functional groups attached to an aromatic ring is 1. The summed E-state index contributed by atoms with van der Waals surface area (Å²) in [7, 11) is 0.